The Hall–Kier alpha value is -3.27. The number of carboxylic acids is 1. The number of fused-ring (bicyclic) bond motifs is 2. The van der Waals surface area contributed by atoms with E-state index in [4.69, 9.17) is 4.74 Å². The maximum absolute atomic E-state index is 13.0. The van der Waals surface area contributed by atoms with Crippen molar-refractivity contribution < 1.29 is 24.2 Å². The molecule has 160 valence electrons. The van der Waals surface area contributed by atoms with Crippen LogP contribution in [0, 0.1) is 5.92 Å². The van der Waals surface area contributed by atoms with Crippen LogP contribution < -0.4 is 4.74 Å². The predicted octanol–water partition coefficient (Wildman–Crippen LogP) is 2.35. The average molecular weight is 440 g/mol. The lowest BCUT2D eigenvalue weighted by Crippen LogP contribution is -2.44. The molecule has 9 nitrogen and oxygen atoms in total. The lowest BCUT2D eigenvalue weighted by molar-refractivity contribution is -0.149. The summed E-state index contributed by atoms with van der Waals surface area (Å²) in [6.07, 6.45) is 1.36. The largest absolute Gasteiger partial charge is 0.487 e. The zero-order valence-electron chi connectivity index (χ0n) is 16.7. The fourth-order valence-corrected chi connectivity index (χ4v) is 4.88. The van der Waals surface area contributed by atoms with E-state index in [1.165, 1.54) is 27.8 Å². The minimum atomic E-state index is -0.975. The van der Waals surface area contributed by atoms with Crippen LogP contribution in [0.3, 0.4) is 0 Å². The van der Waals surface area contributed by atoms with Gasteiger partial charge in [-0.3, -0.25) is 14.3 Å². The highest BCUT2D eigenvalue weighted by molar-refractivity contribution is 7.07. The van der Waals surface area contributed by atoms with Crippen LogP contribution in [0.2, 0.25) is 0 Å². The van der Waals surface area contributed by atoms with Crippen LogP contribution in [0.5, 0.6) is 5.75 Å². The third-order valence-corrected chi connectivity index (χ3v) is 6.52. The molecule has 1 amide bonds. The van der Waals surface area contributed by atoms with Crippen LogP contribution in [0.1, 0.15) is 35.9 Å². The molecule has 1 N–H and O–H groups in total. The SMILES string of the molecule is CC(=O)c1nn(CC(=O)N2[C@@H]3C[C@@H]3C[C@H]2C(=O)O)c2ccc(OCc3cscn3)cc12. The number of piperidine rings is 1. The third-order valence-electron chi connectivity index (χ3n) is 5.89. The molecule has 0 spiro atoms. The van der Waals surface area contributed by atoms with E-state index in [1.54, 1.807) is 23.7 Å². The summed E-state index contributed by atoms with van der Waals surface area (Å²) in [6, 6.07) is 4.48. The molecule has 1 aliphatic carbocycles. The van der Waals surface area contributed by atoms with E-state index in [0.717, 1.165) is 12.1 Å². The summed E-state index contributed by atoms with van der Waals surface area (Å²) in [5.41, 5.74) is 3.42. The van der Waals surface area contributed by atoms with Crippen LogP contribution in [0.15, 0.2) is 29.1 Å². The van der Waals surface area contributed by atoms with Crippen molar-refractivity contribution in [3.8, 4) is 5.75 Å². The number of carbonyl (C=O) groups is 3. The van der Waals surface area contributed by atoms with Gasteiger partial charge >= 0.3 is 5.97 Å². The molecule has 5 rings (SSSR count). The van der Waals surface area contributed by atoms with E-state index in [2.05, 4.69) is 10.1 Å². The van der Waals surface area contributed by atoms with Crippen molar-refractivity contribution in [1.82, 2.24) is 19.7 Å². The summed E-state index contributed by atoms with van der Waals surface area (Å²) in [6.45, 7) is 1.62. The first-order valence-electron chi connectivity index (χ1n) is 9.97. The number of Topliss-reactive ketones (excluding diaryl/α,β-unsaturated/α-hetero) is 1. The predicted molar refractivity (Wildman–Crippen MR) is 111 cm³/mol. The van der Waals surface area contributed by atoms with Crippen molar-refractivity contribution in [3.63, 3.8) is 0 Å². The number of ether oxygens (including phenoxy) is 1. The van der Waals surface area contributed by atoms with Gasteiger partial charge in [0.05, 0.1) is 16.7 Å². The first-order valence-corrected chi connectivity index (χ1v) is 10.9. The van der Waals surface area contributed by atoms with Crippen molar-refractivity contribution in [1.29, 1.82) is 0 Å². The normalized spacial score (nSPS) is 21.8. The van der Waals surface area contributed by atoms with Gasteiger partial charge in [-0.25, -0.2) is 9.78 Å². The van der Waals surface area contributed by atoms with Crippen molar-refractivity contribution in [3.05, 3.63) is 40.5 Å². The Morgan fingerprint density at radius 1 is 1.29 bits per heavy atom. The summed E-state index contributed by atoms with van der Waals surface area (Å²) in [4.78, 5) is 42.4. The fraction of sp³-hybridized carbons (Fsp3) is 0.381. The van der Waals surface area contributed by atoms with Crippen molar-refractivity contribution in [2.24, 2.45) is 5.92 Å². The second kappa shape index (κ2) is 7.45. The molecule has 0 unspecified atom stereocenters. The molecule has 10 heteroatoms. The lowest BCUT2D eigenvalue weighted by Gasteiger charge is -2.24. The second-order valence-electron chi connectivity index (χ2n) is 7.96. The fourth-order valence-electron chi connectivity index (χ4n) is 4.34. The number of carbonyl (C=O) groups excluding carboxylic acids is 2. The Morgan fingerprint density at radius 2 is 2.13 bits per heavy atom. The number of aromatic nitrogens is 3. The zero-order valence-corrected chi connectivity index (χ0v) is 17.5. The summed E-state index contributed by atoms with van der Waals surface area (Å²) >= 11 is 1.49. The number of rotatable bonds is 7. The molecule has 3 heterocycles. The smallest absolute Gasteiger partial charge is 0.326 e. The number of hydrogen-bond donors (Lipinski definition) is 1. The highest BCUT2D eigenvalue weighted by atomic mass is 32.1. The standard InChI is InChI=1S/C21H20N4O5S/c1-11(26)20-15-6-14(30-8-13-9-31-10-22-13)2-3-16(15)24(23-20)7-19(27)25-17-4-12(17)5-18(25)21(28)29/h2-3,6,9-10,12,17-18H,4-5,7-8H2,1H3,(H,28,29)/t12-,17-,18+/m1/s1. The van der Waals surface area contributed by atoms with Gasteiger partial charge in [-0.2, -0.15) is 5.10 Å². The molecule has 3 aromatic rings. The molecular formula is C21H20N4O5S. The Labute approximate surface area is 181 Å². The van der Waals surface area contributed by atoms with E-state index < -0.39 is 12.0 Å². The number of nitrogens with zero attached hydrogens (tertiary/aromatic N) is 4. The highest BCUT2D eigenvalue weighted by Gasteiger charge is 2.56. The van der Waals surface area contributed by atoms with Crippen LogP contribution in [0.4, 0.5) is 0 Å². The third kappa shape index (κ3) is 3.56. The second-order valence-corrected chi connectivity index (χ2v) is 8.68. The molecule has 3 atom stereocenters. The number of benzene rings is 1. The van der Waals surface area contributed by atoms with Gasteiger partial charge < -0.3 is 14.7 Å². The van der Waals surface area contributed by atoms with Crippen LogP contribution in [-0.2, 0) is 22.7 Å². The molecule has 2 aliphatic rings. The number of likely N-dealkylation sites (tertiary alicyclic amines) is 1. The number of ketones is 1. The molecule has 31 heavy (non-hydrogen) atoms. The van der Waals surface area contributed by atoms with Gasteiger partial charge in [-0.1, -0.05) is 0 Å². The Kier molecular flexibility index (Phi) is 4.73. The highest BCUT2D eigenvalue weighted by Crippen LogP contribution is 2.48. The van der Waals surface area contributed by atoms with Gasteiger partial charge in [0.15, 0.2) is 5.78 Å². The molecule has 1 saturated heterocycles. The van der Waals surface area contributed by atoms with Crippen molar-refractivity contribution >= 4 is 39.9 Å². The van der Waals surface area contributed by atoms with Crippen molar-refractivity contribution in [2.45, 2.75) is 45.0 Å². The summed E-state index contributed by atoms with van der Waals surface area (Å²) in [7, 11) is 0. The number of carboxylic acid groups (broad SMARTS) is 1. The van der Waals surface area contributed by atoms with E-state index in [1.807, 2.05) is 5.38 Å². The first-order chi connectivity index (χ1) is 14.9. The van der Waals surface area contributed by atoms with E-state index >= 15 is 0 Å². The first kappa shape index (κ1) is 19.7. The van der Waals surface area contributed by atoms with Crippen LogP contribution >= 0.6 is 11.3 Å². The van der Waals surface area contributed by atoms with Crippen LogP contribution in [-0.4, -0.2) is 54.5 Å². The quantitative estimate of drug-likeness (QED) is 0.561. The maximum atomic E-state index is 13.0. The van der Waals surface area contributed by atoms with Gasteiger partial charge in [0, 0.05) is 23.7 Å². The molecule has 2 aromatic heterocycles. The Bertz CT molecular complexity index is 1190. The van der Waals surface area contributed by atoms with E-state index in [9.17, 15) is 19.5 Å². The maximum Gasteiger partial charge on any atom is 0.326 e. The molecule has 1 aliphatic heterocycles. The number of aliphatic carboxylic acids is 1. The lowest BCUT2D eigenvalue weighted by atomic mass is 10.1. The summed E-state index contributed by atoms with van der Waals surface area (Å²) < 4.78 is 7.26. The summed E-state index contributed by atoms with van der Waals surface area (Å²) in [5, 5.41) is 16.3. The van der Waals surface area contributed by atoms with E-state index in [-0.39, 0.29) is 35.9 Å². The molecular weight excluding hydrogens is 420 g/mol. The molecule has 2 fully saturated rings. The minimum absolute atomic E-state index is 0.00780. The molecule has 0 bridgehead atoms. The average Bonchev–Trinajstić information content (AvgIpc) is 3.12. The van der Waals surface area contributed by atoms with Crippen LogP contribution in [0.25, 0.3) is 10.9 Å². The van der Waals surface area contributed by atoms with Gasteiger partial charge in [-0.15, -0.1) is 11.3 Å². The zero-order chi connectivity index (χ0) is 21.7. The van der Waals surface area contributed by atoms with E-state index in [0.29, 0.717) is 29.7 Å². The molecule has 1 saturated carbocycles. The minimum Gasteiger partial charge on any atom is -0.487 e. The Balaban J connectivity index is 1.41. The van der Waals surface area contributed by atoms with Crippen molar-refractivity contribution in [2.75, 3.05) is 0 Å². The Morgan fingerprint density at radius 3 is 2.84 bits per heavy atom. The monoisotopic (exact) mass is 440 g/mol. The van der Waals surface area contributed by atoms with Gasteiger partial charge in [0.1, 0.15) is 30.6 Å². The number of amides is 1. The number of thiazole rings is 1. The van der Waals surface area contributed by atoms with Gasteiger partial charge in [-0.05, 0) is 37.0 Å². The molecule has 1 aromatic carbocycles. The molecule has 0 radical (unpaired) electrons. The number of hydrogen-bond acceptors (Lipinski definition) is 7. The summed E-state index contributed by atoms with van der Waals surface area (Å²) in [5.74, 6) is -0.637. The van der Waals surface area contributed by atoms with Gasteiger partial charge in [0.25, 0.3) is 0 Å². The van der Waals surface area contributed by atoms with Gasteiger partial charge in [0.2, 0.25) is 5.91 Å². The topological polar surface area (TPSA) is 115 Å².